The van der Waals surface area contributed by atoms with Crippen LogP contribution >= 0.6 is 15.9 Å². The summed E-state index contributed by atoms with van der Waals surface area (Å²) in [6.45, 7) is 1.71. The monoisotopic (exact) mass is 333 g/mol. The van der Waals surface area contributed by atoms with Gasteiger partial charge in [0.15, 0.2) is 0 Å². The topological polar surface area (TPSA) is 83.5 Å². The van der Waals surface area contributed by atoms with Gasteiger partial charge in [-0.1, -0.05) is 19.1 Å². The number of carbonyl (C=O) groups is 1. The third-order valence-corrected chi connectivity index (χ3v) is 5.66. The molecule has 0 aromatic heterocycles. The Morgan fingerprint density at radius 2 is 2.06 bits per heavy atom. The van der Waals surface area contributed by atoms with E-state index in [2.05, 4.69) is 20.7 Å². The molecule has 0 heterocycles. The molecule has 7 heteroatoms. The zero-order chi connectivity index (χ0) is 13.6. The zero-order valence-electron chi connectivity index (χ0n) is 9.55. The van der Waals surface area contributed by atoms with Crippen molar-refractivity contribution in [1.82, 2.24) is 4.72 Å². The SMILES string of the molecule is CC1CC1(NS(=O)(=O)c1ccccc1Br)C(=O)O. The molecule has 98 valence electrons. The highest BCUT2D eigenvalue weighted by molar-refractivity contribution is 9.10. The number of rotatable bonds is 4. The molecule has 2 N–H and O–H groups in total. The number of hydrogen-bond donors (Lipinski definition) is 2. The molecule has 0 aliphatic heterocycles. The standard InChI is InChI=1S/C11H12BrNO4S/c1-7-6-11(7,10(14)15)13-18(16,17)9-5-3-2-4-8(9)12/h2-5,7,13H,6H2,1H3,(H,14,15). The fraction of sp³-hybridized carbons (Fsp3) is 0.364. The normalized spacial score (nSPS) is 26.9. The first-order chi connectivity index (χ1) is 8.29. The molecular formula is C11H12BrNO4S. The van der Waals surface area contributed by atoms with Crippen LogP contribution in [-0.2, 0) is 14.8 Å². The summed E-state index contributed by atoms with van der Waals surface area (Å²) >= 11 is 3.15. The van der Waals surface area contributed by atoms with Gasteiger partial charge in [0.1, 0.15) is 5.54 Å². The van der Waals surface area contributed by atoms with E-state index in [-0.39, 0.29) is 10.8 Å². The Balaban J connectivity index is 2.35. The van der Waals surface area contributed by atoms with Crippen molar-refractivity contribution in [3.8, 4) is 0 Å². The van der Waals surface area contributed by atoms with Crippen LogP contribution in [0.2, 0.25) is 0 Å². The molecule has 0 amide bonds. The Hall–Kier alpha value is -0.920. The molecule has 18 heavy (non-hydrogen) atoms. The first-order valence-electron chi connectivity index (χ1n) is 5.31. The van der Waals surface area contributed by atoms with Gasteiger partial charge in [-0.05, 0) is 40.4 Å². The van der Waals surface area contributed by atoms with Gasteiger partial charge in [-0.3, -0.25) is 4.79 Å². The summed E-state index contributed by atoms with van der Waals surface area (Å²) in [6.07, 6.45) is 0.312. The lowest BCUT2D eigenvalue weighted by Crippen LogP contribution is -2.44. The van der Waals surface area contributed by atoms with E-state index in [0.717, 1.165) is 0 Å². The minimum Gasteiger partial charge on any atom is -0.480 e. The van der Waals surface area contributed by atoms with Gasteiger partial charge in [-0.2, -0.15) is 4.72 Å². The number of nitrogens with one attached hydrogen (secondary N) is 1. The summed E-state index contributed by atoms with van der Waals surface area (Å²) in [6, 6.07) is 6.30. The Bertz CT molecular complexity index is 601. The van der Waals surface area contributed by atoms with E-state index in [9.17, 15) is 13.2 Å². The van der Waals surface area contributed by atoms with Gasteiger partial charge in [-0.25, -0.2) is 8.42 Å². The molecule has 1 aromatic carbocycles. The average molecular weight is 334 g/mol. The second-order valence-corrected chi connectivity index (χ2v) is 6.92. The third-order valence-electron chi connectivity index (χ3n) is 3.13. The van der Waals surface area contributed by atoms with Gasteiger partial charge < -0.3 is 5.11 Å². The van der Waals surface area contributed by atoms with Crippen molar-refractivity contribution in [2.45, 2.75) is 23.8 Å². The molecule has 0 saturated heterocycles. The predicted molar refractivity (Wildman–Crippen MR) is 68.6 cm³/mol. The zero-order valence-corrected chi connectivity index (χ0v) is 12.0. The van der Waals surface area contributed by atoms with Crippen LogP contribution in [0.3, 0.4) is 0 Å². The number of aliphatic carboxylic acids is 1. The minimum atomic E-state index is -3.84. The number of hydrogen-bond acceptors (Lipinski definition) is 3. The van der Waals surface area contributed by atoms with Crippen LogP contribution in [0.15, 0.2) is 33.6 Å². The lowest BCUT2D eigenvalue weighted by atomic mass is 10.2. The average Bonchev–Trinajstić information content (AvgIpc) is 2.89. The van der Waals surface area contributed by atoms with Crippen LogP contribution in [0.1, 0.15) is 13.3 Å². The van der Waals surface area contributed by atoms with Crippen molar-refractivity contribution >= 4 is 31.9 Å². The molecule has 0 spiro atoms. The summed E-state index contributed by atoms with van der Waals surface area (Å²) in [4.78, 5) is 11.2. The fourth-order valence-corrected chi connectivity index (χ4v) is 4.33. The van der Waals surface area contributed by atoms with Gasteiger partial charge in [0, 0.05) is 4.47 Å². The van der Waals surface area contributed by atoms with Gasteiger partial charge in [0.25, 0.3) is 0 Å². The van der Waals surface area contributed by atoms with Crippen LogP contribution in [0.4, 0.5) is 0 Å². The molecular weight excluding hydrogens is 322 g/mol. The maximum atomic E-state index is 12.2. The Labute approximate surface area is 113 Å². The van der Waals surface area contributed by atoms with E-state index in [1.54, 1.807) is 25.1 Å². The summed E-state index contributed by atoms with van der Waals surface area (Å²) in [7, 11) is -3.84. The number of sulfonamides is 1. The lowest BCUT2D eigenvalue weighted by molar-refractivity contribution is -0.140. The van der Waals surface area contributed by atoms with E-state index in [0.29, 0.717) is 10.9 Å². The summed E-state index contributed by atoms with van der Waals surface area (Å²) in [5.41, 5.74) is -1.35. The van der Waals surface area contributed by atoms with Crippen LogP contribution in [0.5, 0.6) is 0 Å². The second kappa shape index (κ2) is 4.32. The summed E-state index contributed by atoms with van der Waals surface area (Å²) < 4.78 is 27.0. The smallest absolute Gasteiger partial charge is 0.325 e. The highest BCUT2D eigenvalue weighted by Gasteiger charge is 2.60. The molecule has 2 rings (SSSR count). The van der Waals surface area contributed by atoms with Gasteiger partial charge in [0.2, 0.25) is 10.0 Å². The number of halogens is 1. The molecule has 1 aliphatic rings. The van der Waals surface area contributed by atoms with Gasteiger partial charge >= 0.3 is 5.97 Å². The Kier molecular flexibility index (Phi) is 3.25. The number of benzene rings is 1. The molecule has 1 aliphatic carbocycles. The predicted octanol–water partition coefficient (Wildman–Crippen LogP) is 1.59. The van der Waals surface area contributed by atoms with Crippen molar-refractivity contribution in [2.75, 3.05) is 0 Å². The number of carboxylic acids is 1. The third kappa shape index (κ3) is 2.17. The number of carboxylic acid groups (broad SMARTS) is 1. The molecule has 1 aromatic rings. The second-order valence-electron chi connectivity index (χ2n) is 4.42. The molecule has 0 radical (unpaired) electrons. The van der Waals surface area contributed by atoms with Crippen molar-refractivity contribution in [2.24, 2.45) is 5.92 Å². The van der Waals surface area contributed by atoms with Crippen LogP contribution in [0, 0.1) is 5.92 Å². The molecule has 1 fully saturated rings. The van der Waals surface area contributed by atoms with E-state index in [1.807, 2.05) is 0 Å². The van der Waals surface area contributed by atoms with Crippen molar-refractivity contribution in [3.63, 3.8) is 0 Å². The maximum Gasteiger partial charge on any atom is 0.325 e. The summed E-state index contributed by atoms with van der Waals surface area (Å²) in [5, 5.41) is 9.12. The highest BCUT2D eigenvalue weighted by Crippen LogP contribution is 2.44. The molecule has 5 nitrogen and oxygen atoms in total. The Morgan fingerprint density at radius 1 is 1.50 bits per heavy atom. The van der Waals surface area contributed by atoms with Crippen molar-refractivity contribution in [3.05, 3.63) is 28.7 Å². The quantitative estimate of drug-likeness (QED) is 0.876. The fourth-order valence-electron chi connectivity index (χ4n) is 1.87. The lowest BCUT2D eigenvalue weighted by Gasteiger charge is -2.15. The minimum absolute atomic E-state index is 0.0460. The van der Waals surface area contributed by atoms with E-state index in [1.165, 1.54) is 6.07 Å². The van der Waals surface area contributed by atoms with E-state index < -0.39 is 21.5 Å². The highest BCUT2D eigenvalue weighted by atomic mass is 79.9. The van der Waals surface area contributed by atoms with E-state index >= 15 is 0 Å². The first kappa shape index (κ1) is 13.5. The van der Waals surface area contributed by atoms with Gasteiger partial charge in [-0.15, -0.1) is 0 Å². The first-order valence-corrected chi connectivity index (χ1v) is 7.59. The molecule has 2 unspecified atom stereocenters. The van der Waals surface area contributed by atoms with Crippen LogP contribution < -0.4 is 4.72 Å². The van der Waals surface area contributed by atoms with Crippen molar-refractivity contribution in [1.29, 1.82) is 0 Å². The maximum absolute atomic E-state index is 12.2. The molecule has 1 saturated carbocycles. The molecule has 2 atom stereocenters. The van der Waals surface area contributed by atoms with Gasteiger partial charge in [0.05, 0.1) is 4.90 Å². The van der Waals surface area contributed by atoms with Crippen molar-refractivity contribution < 1.29 is 18.3 Å². The summed E-state index contributed by atoms with van der Waals surface area (Å²) in [5.74, 6) is -1.34. The van der Waals surface area contributed by atoms with Crippen LogP contribution in [0.25, 0.3) is 0 Å². The van der Waals surface area contributed by atoms with E-state index in [4.69, 9.17) is 5.11 Å². The Morgan fingerprint density at radius 3 is 2.50 bits per heavy atom. The largest absolute Gasteiger partial charge is 0.480 e. The molecule has 0 bridgehead atoms. The van der Waals surface area contributed by atoms with Crippen LogP contribution in [-0.4, -0.2) is 25.0 Å².